The molecule has 0 fully saturated rings. The van der Waals surface area contributed by atoms with E-state index >= 15 is 0 Å². The van der Waals surface area contributed by atoms with Crippen molar-refractivity contribution in [2.24, 2.45) is 0 Å². The average Bonchev–Trinajstić information content (AvgIpc) is 2.94. The molecule has 0 amide bonds. The number of rotatable bonds is 3. The molecule has 2 aromatic rings. The lowest BCUT2D eigenvalue weighted by Gasteiger charge is -2.25. The number of hydrogen-bond acceptors (Lipinski definition) is 1. The molecule has 0 spiro atoms. The SMILES string of the molecule is CCCCc1cccc2c1C=C1c3ccccc3NC12C. The lowest BCUT2D eigenvalue weighted by atomic mass is 9.87. The standard InChI is InChI=1S/C20H21N/c1-3-4-8-14-9-7-11-17-16(14)13-18-15-10-5-6-12-19(15)21-20(17,18)2/h5-7,9-13,21H,3-4,8H2,1-2H3. The fourth-order valence-electron chi connectivity index (χ4n) is 3.82. The van der Waals surface area contributed by atoms with Crippen LogP contribution in [-0.2, 0) is 12.0 Å². The van der Waals surface area contributed by atoms with E-state index in [4.69, 9.17) is 0 Å². The van der Waals surface area contributed by atoms with E-state index in [2.05, 4.69) is 67.7 Å². The first kappa shape index (κ1) is 12.7. The number of hydrogen-bond donors (Lipinski definition) is 1. The Hall–Kier alpha value is -2.02. The van der Waals surface area contributed by atoms with Gasteiger partial charge in [0.2, 0.25) is 0 Å². The summed E-state index contributed by atoms with van der Waals surface area (Å²) < 4.78 is 0. The lowest BCUT2D eigenvalue weighted by molar-refractivity contribution is 0.738. The van der Waals surface area contributed by atoms with Crippen molar-refractivity contribution in [1.82, 2.24) is 0 Å². The third-order valence-electron chi connectivity index (χ3n) is 4.96. The van der Waals surface area contributed by atoms with Gasteiger partial charge in [-0.3, -0.25) is 0 Å². The van der Waals surface area contributed by atoms with Gasteiger partial charge >= 0.3 is 0 Å². The highest BCUT2D eigenvalue weighted by atomic mass is 15.0. The van der Waals surface area contributed by atoms with E-state index in [0.29, 0.717) is 0 Å². The molecule has 1 heterocycles. The van der Waals surface area contributed by atoms with Gasteiger partial charge in [-0.1, -0.05) is 49.7 Å². The van der Waals surface area contributed by atoms with Crippen LogP contribution >= 0.6 is 0 Å². The van der Waals surface area contributed by atoms with Gasteiger partial charge in [-0.15, -0.1) is 0 Å². The number of unbranched alkanes of at least 4 members (excludes halogenated alkanes) is 1. The molecule has 1 atom stereocenters. The molecule has 0 saturated carbocycles. The summed E-state index contributed by atoms with van der Waals surface area (Å²) in [4.78, 5) is 0. The second-order valence-corrected chi connectivity index (χ2v) is 6.34. The molecule has 106 valence electrons. The first-order valence-electron chi connectivity index (χ1n) is 7.96. The maximum Gasteiger partial charge on any atom is 0.0863 e. The Kier molecular flexibility index (Phi) is 2.72. The Labute approximate surface area is 126 Å². The number of nitrogens with one attached hydrogen (secondary N) is 1. The van der Waals surface area contributed by atoms with Crippen LogP contribution in [0.1, 0.15) is 48.9 Å². The molecule has 1 unspecified atom stereocenters. The monoisotopic (exact) mass is 275 g/mol. The lowest BCUT2D eigenvalue weighted by Crippen LogP contribution is -2.26. The minimum absolute atomic E-state index is 0.0543. The average molecular weight is 275 g/mol. The van der Waals surface area contributed by atoms with E-state index in [0.717, 1.165) is 0 Å². The van der Waals surface area contributed by atoms with Crippen LogP contribution in [0.25, 0.3) is 11.6 Å². The largest absolute Gasteiger partial charge is 0.371 e. The van der Waals surface area contributed by atoms with Crippen LogP contribution in [-0.4, -0.2) is 0 Å². The number of benzene rings is 2. The molecule has 1 aliphatic carbocycles. The molecule has 1 heteroatoms. The Balaban J connectivity index is 1.86. The Bertz CT molecular complexity index is 741. The van der Waals surface area contributed by atoms with Crippen LogP contribution < -0.4 is 5.32 Å². The van der Waals surface area contributed by atoms with Gasteiger partial charge in [-0.25, -0.2) is 0 Å². The summed E-state index contributed by atoms with van der Waals surface area (Å²) in [6.45, 7) is 4.57. The predicted octanol–water partition coefficient (Wildman–Crippen LogP) is 5.22. The van der Waals surface area contributed by atoms with E-state index in [1.54, 1.807) is 0 Å². The van der Waals surface area contributed by atoms with Gasteiger partial charge < -0.3 is 5.32 Å². The predicted molar refractivity (Wildman–Crippen MR) is 90.3 cm³/mol. The summed E-state index contributed by atoms with van der Waals surface area (Å²) in [5, 5.41) is 3.74. The minimum atomic E-state index is -0.0543. The molecule has 0 saturated heterocycles. The van der Waals surface area contributed by atoms with E-state index in [-0.39, 0.29) is 5.54 Å². The van der Waals surface area contributed by atoms with Crippen LogP contribution in [0.4, 0.5) is 5.69 Å². The van der Waals surface area contributed by atoms with Crippen molar-refractivity contribution in [3.63, 3.8) is 0 Å². The van der Waals surface area contributed by atoms with Crippen LogP contribution in [0.5, 0.6) is 0 Å². The van der Waals surface area contributed by atoms with Crippen molar-refractivity contribution in [3.05, 3.63) is 64.7 Å². The number of anilines is 1. The van der Waals surface area contributed by atoms with Gasteiger partial charge in [0.1, 0.15) is 0 Å². The maximum atomic E-state index is 3.74. The molecule has 1 N–H and O–H groups in total. The molecule has 21 heavy (non-hydrogen) atoms. The Morgan fingerprint density at radius 2 is 1.90 bits per heavy atom. The smallest absolute Gasteiger partial charge is 0.0863 e. The summed E-state index contributed by atoms with van der Waals surface area (Å²) >= 11 is 0. The van der Waals surface area contributed by atoms with Gasteiger partial charge in [0, 0.05) is 11.3 Å². The van der Waals surface area contributed by atoms with Crippen molar-refractivity contribution in [2.45, 2.75) is 38.6 Å². The fraction of sp³-hybridized carbons (Fsp3) is 0.300. The highest BCUT2D eigenvalue weighted by Crippen LogP contribution is 2.54. The quantitative estimate of drug-likeness (QED) is 0.809. The number of para-hydroxylation sites is 1. The molecule has 4 rings (SSSR count). The summed E-state index contributed by atoms with van der Waals surface area (Å²) in [6.07, 6.45) is 6.11. The Morgan fingerprint density at radius 3 is 2.76 bits per heavy atom. The highest BCUT2D eigenvalue weighted by Gasteiger charge is 2.43. The summed E-state index contributed by atoms with van der Waals surface area (Å²) in [5.74, 6) is 0. The molecule has 2 aromatic carbocycles. The second-order valence-electron chi connectivity index (χ2n) is 6.34. The fourth-order valence-corrected chi connectivity index (χ4v) is 3.82. The summed E-state index contributed by atoms with van der Waals surface area (Å²) in [7, 11) is 0. The maximum absolute atomic E-state index is 3.74. The van der Waals surface area contributed by atoms with Crippen molar-refractivity contribution < 1.29 is 0 Å². The van der Waals surface area contributed by atoms with E-state index in [1.165, 1.54) is 52.8 Å². The van der Waals surface area contributed by atoms with Crippen LogP contribution in [0, 0.1) is 0 Å². The molecule has 1 aliphatic heterocycles. The third-order valence-corrected chi connectivity index (χ3v) is 4.96. The molecule has 0 radical (unpaired) electrons. The van der Waals surface area contributed by atoms with Gasteiger partial charge in [0.05, 0.1) is 5.54 Å². The second kappa shape index (κ2) is 4.49. The molecule has 0 bridgehead atoms. The van der Waals surface area contributed by atoms with E-state index in [9.17, 15) is 0 Å². The zero-order valence-corrected chi connectivity index (χ0v) is 12.7. The van der Waals surface area contributed by atoms with Crippen molar-refractivity contribution in [1.29, 1.82) is 0 Å². The van der Waals surface area contributed by atoms with Crippen LogP contribution in [0.2, 0.25) is 0 Å². The van der Waals surface area contributed by atoms with E-state index in [1.807, 2.05) is 0 Å². The zero-order valence-electron chi connectivity index (χ0n) is 12.7. The minimum Gasteiger partial charge on any atom is -0.371 e. The van der Waals surface area contributed by atoms with Gasteiger partial charge in [-0.05, 0) is 54.2 Å². The molecular formula is C20H21N. The number of fused-ring (bicyclic) bond motifs is 5. The van der Waals surface area contributed by atoms with Gasteiger partial charge in [0.15, 0.2) is 0 Å². The third kappa shape index (κ3) is 1.70. The van der Waals surface area contributed by atoms with Crippen LogP contribution in [0.3, 0.4) is 0 Å². The Morgan fingerprint density at radius 1 is 1.05 bits per heavy atom. The molecule has 2 aliphatic rings. The zero-order chi connectivity index (χ0) is 14.4. The molecular weight excluding hydrogens is 254 g/mol. The summed E-state index contributed by atoms with van der Waals surface area (Å²) in [6, 6.07) is 15.5. The summed E-state index contributed by atoms with van der Waals surface area (Å²) in [5.41, 5.74) is 8.37. The van der Waals surface area contributed by atoms with Crippen LogP contribution in [0.15, 0.2) is 42.5 Å². The van der Waals surface area contributed by atoms with Crippen molar-refractivity contribution >= 4 is 17.3 Å². The highest BCUT2D eigenvalue weighted by molar-refractivity contribution is 6.03. The number of aryl methyl sites for hydroxylation is 1. The normalized spacial score (nSPS) is 21.3. The van der Waals surface area contributed by atoms with Crippen molar-refractivity contribution in [3.8, 4) is 0 Å². The van der Waals surface area contributed by atoms with Gasteiger partial charge in [0.25, 0.3) is 0 Å². The molecule has 1 nitrogen and oxygen atoms in total. The first-order chi connectivity index (χ1) is 10.2. The van der Waals surface area contributed by atoms with Crippen molar-refractivity contribution in [2.75, 3.05) is 5.32 Å². The topological polar surface area (TPSA) is 12.0 Å². The van der Waals surface area contributed by atoms with E-state index < -0.39 is 0 Å². The van der Waals surface area contributed by atoms with Gasteiger partial charge in [-0.2, -0.15) is 0 Å². The first-order valence-corrected chi connectivity index (χ1v) is 7.96. The molecule has 0 aromatic heterocycles.